The Morgan fingerprint density at radius 3 is 3.05 bits per heavy atom. The van der Waals surface area contributed by atoms with Crippen LogP contribution in [0.3, 0.4) is 0 Å². The molecule has 1 fully saturated rings. The molecule has 106 valence electrons. The third-order valence-electron chi connectivity index (χ3n) is 4.15. The fraction of sp³-hybridized carbons (Fsp3) is 0.471. The van der Waals surface area contributed by atoms with E-state index in [4.69, 9.17) is 10.5 Å². The fourth-order valence-electron chi connectivity index (χ4n) is 3.01. The van der Waals surface area contributed by atoms with E-state index in [1.807, 2.05) is 24.4 Å². The van der Waals surface area contributed by atoms with Gasteiger partial charge < -0.3 is 10.5 Å². The Morgan fingerprint density at radius 1 is 1.25 bits per heavy atom. The summed E-state index contributed by atoms with van der Waals surface area (Å²) in [6, 6.07) is 10.3. The van der Waals surface area contributed by atoms with Crippen LogP contribution in [0.5, 0.6) is 0 Å². The molecule has 1 aromatic heterocycles. The SMILES string of the molecule is NC(CCC1CCCCO1)c1cccc2ncccc12. The highest BCUT2D eigenvalue weighted by Crippen LogP contribution is 2.26. The van der Waals surface area contributed by atoms with Gasteiger partial charge in [0.15, 0.2) is 0 Å². The number of pyridine rings is 1. The highest BCUT2D eigenvalue weighted by atomic mass is 16.5. The summed E-state index contributed by atoms with van der Waals surface area (Å²) in [5.41, 5.74) is 8.62. The van der Waals surface area contributed by atoms with Gasteiger partial charge in [-0.2, -0.15) is 0 Å². The first-order valence-corrected chi connectivity index (χ1v) is 7.55. The number of nitrogens with zero attached hydrogens (tertiary/aromatic N) is 1. The Morgan fingerprint density at radius 2 is 2.20 bits per heavy atom. The predicted molar refractivity (Wildman–Crippen MR) is 81.5 cm³/mol. The third-order valence-corrected chi connectivity index (χ3v) is 4.15. The molecule has 3 rings (SSSR count). The summed E-state index contributed by atoms with van der Waals surface area (Å²) < 4.78 is 5.78. The summed E-state index contributed by atoms with van der Waals surface area (Å²) in [6.45, 7) is 0.915. The van der Waals surface area contributed by atoms with Crippen LogP contribution in [0.1, 0.15) is 43.7 Å². The number of hydrogen-bond donors (Lipinski definition) is 1. The molecule has 1 aromatic carbocycles. The molecule has 0 aliphatic carbocycles. The number of nitrogens with two attached hydrogens (primary N) is 1. The van der Waals surface area contributed by atoms with E-state index in [0.29, 0.717) is 6.10 Å². The molecule has 0 bridgehead atoms. The Balaban J connectivity index is 1.70. The molecule has 2 atom stereocenters. The first-order valence-electron chi connectivity index (χ1n) is 7.55. The summed E-state index contributed by atoms with van der Waals surface area (Å²) in [5, 5.41) is 1.17. The molecule has 2 unspecified atom stereocenters. The molecular formula is C17H22N2O. The number of fused-ring (bicyclic) bond motifs is 1. The highest BCUT2D eigenvalue weighted by Gasteiger charge is 2.16. The molecule has 3 heteroatoms. The van der Waals surface area contributed by atoms with Crippen LogP contribution in [0, 0.1) is 0 Å². The van der Waals surface area contributed by atoms with Crippen LogP contribution in [0.15, 0.2) is 36.5 Å². The summed E-state index contributed by atoms with van der Waals surface area (Å²) >= 11 is 0. The molecule has 1 aliphatic rings. The minimum Gasteiger partial charge on any atom is -0.378 e. The molecule has 1 aliphatic heterocycles. The van der Waals surface area contributed by atoms with E-state index in [2.05, 4.69) is 17.1 Å². The number of hydrogen-bond acceptors (Lipinski definition) is 3. The highest BCUT2D eigenvalue weighted by molar-refractivity contribution is 5.82. The maximum atomic E-state index is 6.39. The molecule has 2 heterocycles. The first kappa shape index (κ1) is 13.5. The van der Waals surface area contributed by atoms with Crippen molar-refractivity contribution >= 4 is 10.9 Å². The van der Waals surface area contributed by atoms with Gasteiger partial charge in [0, 0.05) is 24.2 Å². The van der Waals surface area contributed by atoms with E-state index in [-0.39, 0.29) is 6.04 Å². The van der Waals surface area contributed by atoms with Gasteiger partial charge in [-0.25, -0.2) is 0 Å². The van der Waals surface area contributed by atoms with E-state index in [1.165, 1.54) is 30.2 Å². The number of benzene rings is 1. The minimum atomic E-state index is 0.0634. The predicted octanol–water partition coefficient (Wildman–Crippen LogP) is 3.58. The Bertz CT molecular complexity index is 558. The van der Waals surface area contributed by atoms with Crippen molar-refractivity contribution in [3.63, 3.8) is 0 Å². The van der Waals surface area contributed by atoms with Crippen LogP contribution >= 0.6 is 0 Å². The molecule has 0 amide bonds. The lowest BCUT2D eigenvalue weighted by Crippen LogP contribution is -2.21. The Kier molecular flexibility index (Phi) is 4.28. The number of ether oxygens (including phenoxy) is 1. The molecule has 2 aromatic rings. The van der Waals surface area contributed by atoms with Crippen LogP contribution in [0.2, 0.25) is 0 Å². The van der Waals surface area contributed by atoms with Crippen molar-refractivity contribution in [2.24, 2.45) is 5.73 Å². The minimum absolute atomic E-state index is 0.0634. The molecule has 2 N–H and O–H groups in total. The molecular weight excluding hydrogens is 248 g/mol. The second-order valence-corrected chi connectivity index (χ2v) is 5.59. The summed E-state index contributed by atoms with van der Waals surface area (Å²) in [6.07, 6.45) is 7.94. The van der Waals surface area contributed by atoms with E-state index in [1.54, 1.807) is 0 Å². The van der Waals surface area contributed by atoms with Crippen LogP contribution in [-0.4, -0.2) is 17.7 Å². The zero-order chi connectivity index (χ0) is 13.8. The molecule has 0 spiro atoms. The monoisotopic (exact) mass is 270 g/mol. The van der Waals surface area contributed by atoms with E-state index in [9.17, 15) is 0 Å². The van der Waals surface area contributed by atoms with Crippen molar-refractivity contribution in [1.82, 2.24) is 4.98 Å². The summed E-state index contributed by atoms with van der Waals surface area (Å²) in [7, 11) is 0. The molecule has 3 nitrogen and oxygen atoms in total. The zero-order valence-electron chi connectivity index (χ0n) is 11.8. The van der Waals surface area contributed by atoms with Crippen molar-refractivity contribution < 1.29 is 4.74 Å². The van der Waals surface area contributed by atoms with Gasteiger partial charge in [0.25, 0.3) is 0 Å². The second-order valence-electron chi connectivity index (χ2n) is 5.59. The topological polar surface area (TPSA) is 48.1 Å². The van der Waals surface area contributed by atoms with Gasteiger partial charge in [-0.05, 0) is 49.8 Å². The zero-order valence-corrected chi connectivity index (χ0v) is 11.8. The standard InChI is InChI=1S/C17H22N2O/c18-16(10-9-13-5-1-2-12-20-13)14-6-3-8-17-15(14)7-4-11-19-17/h3-4,6-8,11,13,16H,1-2,5,9-10,12,18H2. The lowest BCUT2D eigenvalue weighted by Gasteiger charge is -2.24. The fourth-order valence-corrected chi connectivity index (χ4v) is 3.01. The van der Waals surface area contributed by atoms with Crippen molar-refractivity contribution in [3.05, 3.63) is 42.1 Å². The van der Waals surface area contributed by atoms with Crippen molar-refractivity contribution in [1.29, 1.82) is 0 Å². The lowest BCUT2D eigenvalue weighted by molar-refractivity contribution is 0.00914. The van der Waals surface area contributed by atoms with Gasteiger partial charge in [-0.3, -0.25) is 4.98 Å². The van der Waals surface area contributed by atoms with Gasteiger partial charge in [-0.15, -0.1) is 0 Å². The smallest absolute Gasteiger partial charge is 0.0705 e. The normalized spacial score (nSPS) is 20.9. The van der Waals surface area contributed by atoms with E-state index >= 15 is 0 Å². The van der Waals surface area contributed by atoms with Gasteiger partial charge >= 0.3 is 0 Å². The molecule has 0 radical (unpaired) electrons. The second kappa shape index (κ2) is 6.33. The number of aromatic nitrogens is 1. The Hall–Kier alpha value is -1.45. The van der Waals surface area contributed by atoms with Crippen LogP contribution in [-0.2, 0) is 4.74 Å². The summed E-state index contributed by atoms with van der Waals surface area (Å²) in [5.74, 6) is 0. The number of rotatable bonds is 4. The maximum Gasteiger partial charge on any atom is 0.0705 e. The molecule has 1 saturated heterocycles. The van der Waals surface area contributed by atoms with Gasteiger partial charge in [-0.1, -0.05) is 18.2 Å². The van der Waals surface area contributed by atoms with E-state index < -0.39 is 0 Å². The average Bonchev–Trinajstić information content (AvgIpc) is 2.53. The first-order chi connectivity index (χ1) is 9.84. The lowest BCUT2D eigenvalue weighted by atomic mass is 9.95. The molecule has 20 heavy (non-hydrogen) atoms. The van der Waals surface area contributed by atoms with Gasteiger partial charge in [0.1, 0.15) is 0 Å². The third kappa shape index (κ3) is 3.00. The van der Waals surface area contributed by atoms with Crippen LogP contribution in [0.25, 0.3) is 10.9 Å². The largest absolute Gasteiger partial charge is 0.378 e. The van der Waals surface area contributed by atoms with Gasteiger partial charge in [0.2, 0.25) is 0 Å². The Labute approximate surface area is 120 Å². The maximum absolute atomic E-state index is 6.39. The van der Waals surface area contributed by atoms with E-state index in [0.717, 1.165) is 25.0 Å². The molecule has 0 saturated carbocycles. The average molecular weight is 270 g/mol. The summed E-state index contributed by atoms with van der Waals surface area (Å²) in [4.78, 5) is 4.39. The van der Waals surface area contributed by atoms with Crippen LogP contribution in [0.4, 0.5) is 0 Å². The van der Waals surface area contributed by atoms with Crippen molar-refractivity contribution in [3.8, 4) is 0 Å². The van der Waals surface area contributed by atoms with Crippen molar-refractivity contribution in [2.75, 3.05) is 6.61 Å². The quantitative estimate of drug-likeness (QED) is 0.923. The van der Waals surface area contributed by atoms with Crippen LogP contribution < -0.4 is 5.73 Å². The van der Waals surface area contributed by atoms with Gasteiger partial charge in [0.05, 0.1) is 11.6 Å². The van der Waals surface area contributed by atoms with Crippen molar-refractivity contribution in [2.45, 2.75) is 44.2 Å².